The van der Waals surface area contributed by atoms with Gasteiger partial charge >= 0.3 is 0 Å². The Balaban J connectivity index is 1.69. The Morgan fingerprint density at radius 3 is 2.32 bits per heavy atom. The predicted octanol–water partition coefficient (Wildman–Crippen LogP) is 2.55. The van der Waals surface area contributed by atoms with E-state index in [0.29, 0.717) is 23.1 Å². The summed E-state index contributed by atoms with van der Waals surface area (Å²) in [5.74, 6) is -0.536. The molecule has 2 aromatic carbocycles. The molecule has 0 bridgehead atoms. The fourth-order valence-electron chi connectivity index (χ4n) is 3.19. The quantitative estimate of drug-likeness (QED) is 0.615. The minimum absolute atomic E-state index is 0.0522. The van der Waals surface area contributed by atoms with Crippen molar-refractivity contribution >= 4 is 22.6 Å². The van der Waals surface area contributed by atoms with Crippen molar-refractivity contribution in [3.63, 3.8) is 0 Å². The first kappa shape index (κ1) is 22.0. The molecule has 0 aliphatic heterocycles. The van der Waals surface area contributed by atoms with Crippen molar-refractivity contribution in [3.8, 4) is 5.75 Å². The normalized spacial score (nSPS) is 11.2. The Morgan fingerprint density at radius 1 is 1.00 bits per heavy atom. The maximum Gasteiger partial charge on any atom is 0.290 e. The topological polar surface area (TPSA) is 102 Å². The molecular weight excluding hydrogens is 396 g/mol. The van der Waals surface area contributed by atoms with Crippen LogP contribution in [0, 0.1) is 0 Å². The molecule has 0 unspecified atom stereocenters. The first-order chi connectivity index (χ1) is 14.7. The van der Waals surface area contributed by atoms with Gasteiger partial charge in [0.2, 0.25) is 0 Å². The number of aromatic nitrogens is 2. The van der Waals surface area contributed by atoms with Gasteiger partial charge in [0, 0.05) is 11.9 Å². The zero-order chi connectivity index (χ0) is 22.6. The molecule has 0 spiro atoms. The van der Waals surface area contributed by atoms with Crippen molar-refractivity contribution < 1.29 is 14.3 Å². The zero-order valence-electron chi connectivity index (χ0n) is 18.1. The summed E-state index contributed by atoms with van der Waals surface area (Å²) in [6, 6.07) is 14.2. The molecule has 0 fully saturated rings. The number of carbonyl (C=O) groups excluding carboxylic acids is 2. The molecule has 2 N–H and O–H groups in total. The van der Waals surface area contributed by atoms with Gasteiger partial charge in [0.15, 0.2) is 12.3 Å². The zero-order valence-corrected chi connectivity index (χ0v) is 18.1. The van der Waals surface area contributed by atoms with E-state index >= 15 is 0 Å². The minimum atomic E-state index is -0.623. The molecule has 1 heterocycles. The number of amides is 2. The second-order valence-electron chi connectivity index (χ2n) is 8.05. The van der Waals surface area contributed by atoms with Crippen molar-refractivity contribution in [2.45, 2.75) is 39.7 Å². The molecule has 3 rings (SSSR count). The van der Waals surface area contributed by atoms with Crippen LogP contribution in [0.3, 0.4) is 0 Å². The fraction of sp³-hybridized carbons (Fsp3) is 0.304. The Morgan fingerprint density at radius 2 is 1.65 bits per heavy atom. The van der Waals surface area contributed by atoms with Crippen LogP contribution in [0.2, 0.25) is 0 Å². The summed E-state index contributed by atoms with van der Waals surface area (Å²) in [4.78, 5) is 37.3. The number of fused-ring (bicyclic) bond motifs is 1. The number of aryl methyl sites for hydroxylation is 1. The van der Waals surface area contributed by atoms with Gasteiger partial charge in [0.05, 0.1) is 5.39 Å². The standard InChI is InChI=1S/C23H26N4O4/c1-5-27-22(30)16-11-7-6-10-15(16)20(26-27)21(29)25-24-19(28)14-31-18-13-9-8-12-17(18)23(2,3)4/h6-13H,5,14H2,1-4H3,(H,24,28)(H,25,29). The Kier molecular flexibility index (Phi) is 6.39. The van der Waals surface area contributed by atoms with Crippen molar-refractivity contribution in [2.24, 2.45) is 0 Å². The number of carbonyl (C=O) groups is 2. The van der Waals surface area contributed by atoms with Crippen LogP contribution in [0.5, 0.6) is 5.75 Å². The number of nitrogens with zero attached hydrogens (tertiary/aromatic N) is 2. The molecule has 0 atom stereocenters. The second kappa shape index (κ2) is 8.99. The lowest BCUT2D eigenvalue weighted by Crippen LogP contribution is -2.44. The van der Waals surface area contributed by atoms with Gasteiger partial charge in [-0.2, -0.15) is 5.10 Å². The van der Waals surface area contributed by atoms with Crippen molar-refractivity contribution in [3.05, 3.63) is 70.1 Å². The number of hydrogen-bond donors (Lipinski definition) is 2. The highest BCUT2D eigenvalue weighted by Crippen LogP contribution is 2.30. The van der Waals surface area contributed by atoms with Crippen molar-refractivity contribution in [1.82, 2.24) is 20.6 Å². The second-order valence-corrected chi connectivity index (χ2v) is 8.05. The molecule has 0 saturated carbocycles. The van der Waals surface area contributed by atoms with Gasteiger partial charge in [-0.15, -0.1) is 0 Å². The third kappa shape index (κ3) is 4.91. The predicted molar refractivity (Wildman–Crippen MR) is 118 cm³/mol. The number of hydrogen-bond acceptors (Lipinski definition) is 5. The number of rotatable bonds is 5. The third-order valence-electron chi connectivity index (χ3n) is 4.75. The molecule has 31 heavy (non-hydrogen) atoms. The van der Waals surface area contributed by atoms with Gasteiger partial charge in [-0.25, -0.2) is 4.68 Å². The first-order valence-electron chi connectivity index (χ1n) is 10.0. The molecule has 0 radical (unpaired) electrons. The summed E-state index contributed by atoms with van der Waals surface area (Å²) in [5.41, 5.74) is 5.29. The highest BCUT2D eigenvalue weighted by atomic mass is 16.5. The van der Waals surface area contributed by atoms with Crippen LogP contribution in [0.25, 0.3) is 10.8 Å². The van der Waals surface area contributed by atoms with E-state index in [0.717, 1.165) is 5.56 Å². The van der Waals surface area contributed by atoms with Crippen LogP contribution >= 0.6 is 0 Å². The summed E-state index contributed by atoms with van der Waals surface area (Å²) in [6.07, 6.45) is 0. The van der Waals surface area contributed by atoms with Gasteiger partial charge in [-0.05, 0) is 30.0 Å². The first-order valence-corrected chi connectivity index (χ1v) is 10.0. The molecule has 0 saturated heterocycles. The van der Waals surface area contributed by atoms with E-state index in [2.05, 4.69) is 36.7 Å². The number of benzene rings is 2. The molecule has 8 heteroatoms. The molecule has 8 nitrogen and oxygen atoms in total. The van der Waals surface area contributed by atoms with Crippen molar-refractivity contribution in [2.75, 3.05) is 6.61 Å². The van der Waals surface area contributed by atoms with E-state index in [1.165, 1.54) is 4.68 Å². The SMILES string of the molecule is CCn1nc(C(=O)NNC(=O)COc2ccccc2C(C)(C)C)c2ccccc2c1=O. The van der Waals surface area contributed by atoms with Crippen LogP contribution in [-0.2, 0) is 16.8 Å². The van der Waals surface area contributed by atoms with E-state index in [9.17, 15) is 14.4 Å². The third-order valence-corrected chi connectivity index (χ3v) is 4.75. The van der Waals surface area contributed by atoms with Crippen LogP contribution < -0.4 is 21.1 Å². The average molecular weight is 422 g/mol. The maximum absolute atomic E-state index is 12.7. The lowest BCUT2D eigenvalue weighted by molar-refractivity contribution is -0.123. The Hall–Kier alpha value is -3.68. The molecule has 3 aromatic rings. The summed E-state index contributed by atoms with van der Waals surface area (Å²) < 4.78 is 6.88. The van der Waals surface area contributed by atoms with Gasteiger partial charge in [-0.1, -0.05) is 57.2 Å². The number of para-hydroxylation sites is 1. The van der Waals surface area contributed by atoms with Crippen molar-refractivity contribution in [1.29, 1.82) is 0 Å². The van der Waals surface area contributed by atoms with Gasteiger partial charge < -0.3 is 4.74 Å². The van der Waals surface area contributed by atoms with E-state index in [4.69, 9.17) is 4.74 Å². The minimum Gasteiger partial charge on any atom is -0.483 e. The van der Waals surface area contributed by atoms with Crippen LogP contribution in [0.4, 0.5) is 0 Å². The van der Waals surface area contributed by atoms with E-state index in [1.807, 2.05) is 18.2 Å². The largest absolute Gasteiger partial charge is 0.483 e. The summed E-state index contributed by atoms with van der Waals surface area (Å²) in [6.45, 7) is 7.99. The summed E-state index contributed by atoms with van der Waals surface area (Å²) >= 11 is 0. The molecule has 2 amide bonds. The smallest absolute Gasteiger partial charge is 0.290 e. The number of ether oxygens (including phenoxy) is 1. The Labute approximate surface area is 180 Å². The molecule has 162 valence electrons. The highest BCUT2D eigenvalue weighted by molar-refractivity contribution is 6.05. The summed E-state index contributed by atoms with van der Waals surface area (Å²) in [5, 5.41) is 4.94. The molecule has 0 aliphatic rings. The van der Waals surface area contributed by atoms with Gasteiger partial charge in [0.25, 0.3) is 17.4 Å². The van der Waals surface area contributed by atoms with Crippen LogP contribution in [-0.4, -0.2) is 28.2 Å². The number of nitrogens with one attached hydrogen (secondary N) is 2. The highest BCUT2D eigenvalue weighted by Gasteiger charge is 2.20. The van der Waals surface area contributed by atoms with Gasteiger partial charge in [0.1, 0.15) is 5.75 Å². The van der Waals surface area contributed by atoms with E-state index < -0.39 is 11.8 Å². The Bertz CT molecular complexity index is 1180. The van der Waals surface area contributed by atoms with E-state index in [-0.39, 0.29) is 23.3 Å². The van der Waals surface area contributed by atoms with Crippen LogP contribution in [0.1, 0.15) is 43.7 Å². The summed E-state index contributed by atoms with van der Waals surface area (Å²) in [7, 11) is 0. The lowest BCUT2D eigenvalue weighted by Gasteiger charge is -2.22. The average Bonchev–Trinajstić information content (AvgIpc) is 2.76. The van der Waals surface area contributed by atoms with E-state index in [1.54, 1.807) is 37.3 Å². The maximum atomic E-state index is 12.7. The van der Waals surface area contributed by atoms with Gasteiger partial charge in [-0.3, -0.25) is 25.2 Å². The fourth-order valence-corrected chi connectivity index (χ4v) is 3.19. The molecular formula is C23H26N4O4. The number of hydrazine groups is 1. The lowest BCUT2D eigenvalue weighted by atomic mass is 9.86. The van der Waals surface area contributed by atoms with Crippen LogP contribution in [0.15, 0.2) is 53.3 Å². The molecule has 0 aliphatic carbocycles. The molecule has 1 aromatic heterocycles. The monoisotopic (exact) mass is 422 g/mol.